The van der Waals surface area contributed by atoms with Gasteiger partial charge in [-0.15, -0.1) is 0 Å². The zero-order chi connectivity index (χ0) is 14.3. The summed E-state index contributed by atoms with van der Waals surface area (Å²) in [4.78, 5) is 0. The van der Waals surface area contributed by atoms with Gasteiger partial charge in [0.1, 0.15) is 0 Å². The average molecular weight is 266 g/mol. The normalized spacial score (nSPS) is 12.3. The van der Waals surface area contributed by atoms with Crippen molar-refractivity contribution in [2.24, 2.45) is 11.7 Å². The zero-order valence-electron chi connectivity index (χ0n) is 12.5. The van der Waals surface area contributed by atoms with Crippen LogP contribution in [0.25, 0.3) is 0 Å². The van der Waals surface area contributed by atoms with Gasteiger partial charge in [0.15, 0.2) is 11.5 Å². The number of rotatable bonds is 8. The number of nitrogens with two attached hydrogens (primary N) is 1. The lowest BCUT2D eigenvalue weighted by Crippen LogP contribution is -2.27. The lowest BCUT2D eigenvalue weighted by Gasteiger charge is -2.14. The Labute approximate surface area is 116 Å². The molecular formula is C15H26N2O2. The van der Waals surface area contributed by atoms with Crippen LogP contribution in [0.2, 0.25) is 0 Å². The molecule has 0 aliphatic rings. The minimum Gasteiger partial charge on any atom is -0.493 e. The van der Waals surface area contributed by atoms with E-state index in [1.54, 1.807) is 14.2 Å². The molecule has 3 N–H and O–H groups in total. The molecule has 1 aromatic rings. The monoisotopic (exact) mass is 266 g/mol. The van der Waals surface area contributed by atoms with Gasteiger partial charge in [-0.1, -0.05) is 6.92 Å². The molecule has 0 spiro atoms. The van der Waals surface area contributed by atoms with Gasteiger partial charge in [-0.2, -0.15) is 0 Å². The van der Waals surface area contributed by atoms with E-state index in [0.29, 0.717) is 5.92 Å². The molecule has 0 fully saturated rings. The number of nitrogens with one attached hydrogen (secondary N) is 1. The first kappa shape index (κ1) is 15.8. The summed E-state index contributed by atoms with van der Waals surface area (Å²) in [5, 5.41) is 3.43. The first-order valence-electron chi connectivity index (χ1n) is 6.74. The minimum absolute atomic E-state index is 0.520. The molecule has 108 valence electrons. The Morgan fingerprint density at radius 2 is 1.84 bits per heavy atom. The van der Waals surface area contributed by atoms with Crippen molar-refractivity contribution < 1.29 is 9.47 Å². The van der Waals surface area contributed by atoms with E-state index in [1.807, 2.05) is 6.07 Å². The first-order chi connectivity index (χ1) is 9.12. The van der Waals surface area contributed by atoms with E-state index in [0.717, 1.165) is 37.6 Å². The maximum atomic E-state index is 5.59. The van der Waals surface area contributed by atoms with E-state index in [2.05, 4.69) is 25.2 Å². The Morgan fingerprint density at radius 1 is 1.21 bits per heavy atom. The van der Waals surface area contributed by atoms with Crippen LogP contribution in [0.4, 0.5) is 0 Å². The lowest BCUT2D eigenvalue weighted by atomic mass is 10.0. The third-order valence-electron chi connectivity index (χ3n) is 3.31. The standard InChI is InChI=1S/C15H26N2O2/c1-11(9-16)10-17-6-5-13-8-15(19-4)14(18-3)7-12(13)2/h7-8,11,17H,5-6,9-10,16H2,1-4H3. The third kappa shape index (κ3) is 4.73. The second kappa shape index (κ2) is 8.02. The highest BCUT2D eigenvalue weighted by Gasteiger charge is 2.08. The SMILES string of the molecule is COc1cc(C)c(CCNCC(C)CN)cc1OC. The Bertz CT molecular complexity index is 394. The predicted molar refractivity (Wildman–Crippen MR) is 79.1 cm³/mol. The van der Waals surface area contributed by atoms with Gasteiger partial charge in [0.25, 0.3) is 0 Å². The van der Waals surface area contributed by atoms with Crippen LogP contribution in [-0.2, 0) is 6.42 Å². The highest BCUT2D eigenvalue weighted by atomic mass is 16.5. The van der Waals surface area contributed by atoms with E-state index in [9.17, 15) is 0 Å². The van der Waals surface area contributed by atoms with Crippen LogP contribution in [-0.4, -0.2) is 33.9 Å². The van der Waals surface area contributed by atoms with Gasteiger partial charge < -0.3 is 20.5 Å². The molecule has 1 atom stereocenters. The van der Waals surface area contributed by atoms with Crippen molar-refractivity contribution in [2.45, 2.75) is 20.3 Å². The molecule has 0 radical (unpaired) electrons. The van der Waals surface area contributed by atoms with Gasteiger partial charge in [0.05, 0.1) is 14.2 Å². The molecule has 4 heteroatoms. The number of methoxy groups -OCH3 is 2. The van der Waals surface area contributed by atoms with Crippen molar-refractivity contribution in [3.05, 3.63) is 23.3 Å². The van der Waals surface area contributed by atoms with Crippen molar-refractivity contribution >= 4 is 0 Å². The number of benzene rings is 1. The highest BCUT2D eigenvalue weighted by Crippen LogP contribution is 2.30. The van der Waals surface area contributed by atoms with Crippen LogP contribution in [0.3, 0.4) is 0 Å². The van der Waals surface area contributed by atoms with Crippen molar-refractivity contribution in [3.8, 4) is 11.5 Å². The maximum absolute atomic E-state index is 5.59. The van der Waals surface area contributed by atoms with Crippen LogP contribution >= 0.6 is 0 Å². The molecule has 1 rings (SSSR count). The van der Waals surface area contributed by atoms with Crippen molar-refractivity contribution in [1.82, 2.24) is 5.32 Å². The van der Waals surface area contributed by atoms with Gasteiger partial charge in [-0.25, -0.2) is 0 Å². The molecule has 0 aromatic heterocycles. The molecule has 0 amide bonds. The molecule has 1 aromatic carbocycles. The Balaban J connectivity index is 2.58. The number of hydrogen-bond acceptors (Lipinski definition) is 4. The molecule has 0 bridgehead atoms. The van der Waals surface area contributed by atoms with E-state index in [4.69, 9.17) is 15.2 Å². The summed E-state index contributed by atoms with van der Waals surface area (Å²) < 4.78 is 10.6. The largest absolute Gasteiger partial charge is 0.493 e. The molecular weight excluding hydrogens is 240 g/mol. The van der Waals surface area contributed by atoms with Crippen LogP contribution in [0.15, 0.2) is 12.1 Å². The molecule has 4 nitrogen and oxygen atoms in total. The lowest BCUT2D eigenvalue weighted by molar-refractivity contribution is 0.354. The van der Waals surface area contributed by atoms with Crippen LogP contribution in [0.1, 0.15) is 18.1 Å². The quantitative estimate of drug-likeness (QED) is 0.704. The van der Waals surface area contributed by atoms with Gasteiger partial charge >= 0.3 is 0 Å². The highest BCUT2D eigenvalue weighted by molar-refractivity contribution is 5.47. The van der Waals surface area contributed by atoms with Gasteiger partial charge in [0.2, 0.25) is 0 Å². The third-order valence-corrected chi connectivity index (χ3v) is 3.31. The molecule has 0 saturated carbocycles. The fourth-order valence-corrected chi connectivity index (χ4v) is 1.95. The first-order valence-corrected chi connectivity index (χ1v) is 6.74. The van der Waals surface area contributed by atoms with E-state index >= 15 is 0 Å². The van der Waals surface area contributed by atoms with Gasteiger partial charge in [-0.3, -0.25) is 0 Å². The van der Waals surface area contributed by atoms with E-state index in [1.165, 1.54) is 11.1 Å². The molecule has 0 aliphatic carbocycles. The summed E-state index contributed by atoms with van der Waals surface area (Å²) in [6.45, 7) is 6.88. The van der Waals surface area contributed by atoms with Crippen molar-refractivity contribution in [1.29, 1.82) is 0 Å². The van der Waals surface area contributed by atoms with Crippen LogP contribution < -0.4 is 20.5 Å². The number of ether oxygens (including phenoxy) is 2. The zero-order valence-corrected chi connectivity index (χ0v) is 12.5. The fraction of sp³-hybridized carbons (Fsp3) is 0.600. The average Bonchev–Trinajstić information content (AvgIpc) is 2.43. The molecule has 1 unspecified atom stereocenters. The molecule has 0 heterocycles. The minimum atomic E-state index is 0.520. The molecule has 0 saturated heterocycles. The topological polar surface area (TPSA) is 56.5 Å². The van der Waals surface area contributed by atoms with Gasteiger partial charge in [0, 0.05) is 0 Å². The summed E-state index contributed by atoms with van der Waals surface area (Å²) in [5.41, 5.74) is 8.10. The number of aryl methyl sites for hydroxylation is 1. The molecule has 19 heavy (non-hydrogen) atoms. The molecule has 0 aliphatic heterocycles. The Morgan fingerprint density at radius 3 is 2.42 bits per heavy atom. The van der Waals surface area contributed by atoms with Crippen LogP contribution in [0.5, 0.6) is 11.5 Å². The van der Waals surface area contributed by atoms with Crippen LogP contribution in [0, 0.1) is 12.8 Å². The van der Waals surface area contributed by atoms with Crippen molar-refractivity contribution in [2.75, 3.05) is 33.9 Å². The van der Waals surface area contributed by atoms with E-state index < -0.39 is 0 Å². The fourth-order valence-electron chi connectivity index (χ4n) is 1.95. The number of hydrogen-bond donors (Lipinski definition) is 2. The van der Waals surface area contributed by atoms with Crippen molar-refractivity contribution in [3.63, 3.8) is 0 Å². The summed E-state index contributed by atoms with van der Waals surface area (Å²) in [6.07, 6.45) is 0.976. The van der Waals surface area contributed by atoms with Gasteiger partial charge in [-0.05, 0) is 62.2 Å². The summed E-state index contributed by atoms with van der Waals surface area (Å²) in [5.74, 6) is 2.10. The smallest absolute Gasteiger partial charge is 0.161 e. The summed E-state index contributed by atoms with van der Waals surface area (Å²) in [6, 6.07) is 4.08. The predicted octanol–water partition coefficient (Wildman–Crippen LogP) is 1.74. The summed E-state index contributed by atoms with van der Waals surface area (Å²) in [7, 11) is 3.32. The van der Waals surface area contributed by atoms with E-state index in [-0.39, 0.29) is 0 Å². The second-order valence-electron chi connectivity index (χ2n) is 4.93. The Hall–Kier alpha value is -1.26. The Kier molecular flexibility index (Phi) is 6.67. The summed E-state index contributed by atoms with van der Waals surface area (Å²) >= 11 is 0. The second-order valence-corrected chi connectivity index (χ2v) is 4.93. The maximum Gasteiger partial charge on any atom is 0.161 e.